The molecular weight excluding hydrogens is 372 g/mol. The van der Waals surface area contributed by atoms with Crippen LogP contribution in [0.2, 0.25) is 0 Å². The molecule has 8 heteroatoms. The quantitative estimate of drug-likeness (QED) is 0.462. The van der Waals surface area contributed by atoms with Crippen LogP contribution in [-0.2, 0) is 4.79 Å². The van der Waals surface area contributed by atoms with E-state index in [4.69, 9.17) is 4.74 Å². The number of carbonyl (C=O) groups excluding carboxylic acids is 2. The summed E-state index contributed by atoms with van der Waals surface area (Å²) in [6, 6.07) is 19.9. The molecule has 0 bridgehead atoms. The maximum atomic E-state index is 12.3. The number of nitrogens with zero attached hydrogens (tertiary/aromatic N) is 1. The van der Waals surface area contributed by atoms with Gasteiger partial charge >= 0.3 is 0 Å². The summed E-state index contributed by atoms with van der Waals surface area (Å²) in [5, 5.41) is 8.82. The molecule has 1 aromatic heterocycles. The van der Waals surface area contributed by atoms with E-state index in [0.29, 0.717) is 16.5 Å². The molecular formula is C21H16N4O4. The van der Waals surface area contributed by atoms with Crippen molar-refractivity contribution in [2.45, 2.75) is 0 Å². The van der Waals surface area contributed by atoms with E-state index in [2.05, 4.69) is 21.0 Å². The lowest BCUT2D eigenvalue weighted by Gasteiger charge is -2.10. The molecule has 8 nitrogen and oxygen atoms in total. The summed E-state index contributed by atoms with van der Waals surface area (Å²) in [5.41, 5.74) is 4.14. The predicted octanol–water partition coefficient (Wildman–Crippen LogP) is 1.92. The first kappa shape index (κ1) is 18.2. The van der Waals surface area contributed by atoms with Crippen molar-refractivity contribution in [1.82, 2.24) is 21.0 Å². The monoisotopic (exact) mass is 388 g/mol. The van der Waals surface area contributed by atoms with Gasteiger partial charge < -0.3 is 4.74 Å². The van der Waals surface area contributed by atoms with Crippen LogP contribution in [0.1, 0.15) is 10.5 Å². The molecule has 0 spiro atoms. The van der Waals surface area contributed by atoms with E-state index in [0.717, 1.165) is 10.8 Å². The normalized spacial score (nSPS) is 10.6. The summed E-state index contributed by atoms with van der Waals surface area (Å²) in [6.45, 7) is -0.279. The number of aromatic amines is 1. The summed E-state index contributed by atoms with van der Waals surface area (Å²) in [7, 11) is 0. The Morgan fingerprint density at radius 1 is 0.897 bits per heavy atom. The molecule has 0 aliphatic rings. The molecule has 0 unspecified atom stereocenters. The second-order valence-electron chi connectivity index (χ2n) is 6.25. The van der Waals surface area contributed by atoms with Gasteiger partial charge in [-0.25, -0.2) is 5.10 Å². The first-order chi connectivity index (χ1) is 14.1. The van der Waals surface area contributed by atoms with Gasteiger partial charge in [0.15, 0.2) is 12.3 Å². The number of benzene rings is 3. The van der Waals surface area contributed by atoms with Crippen LogP contribution in [-0.4, -0.2) is 28.6 Å². The number of H-pyrrole nitrogens is 1. The molecule has 2 amide bonds. The Hall–Kier alpha value is -4.20. The van der Waals surface area contributed by atoms with E-state index in [1.807, 2.05) is 36.4 Å². The van der Waals surface area contributed by atoms with Crippen molar-refractivity contribution in [2.24, 2.45) is 0 Å². The highest BCUT2D eigenvalue weighted by atomic mass is 16.5. The van der Waals surface area contributed by atoms with Crippen LogP contribution in [0, 0.1) is 0 Å². The fourth-order valence-electron chi connectivity index (χ4n) is 2.92. The van der Waals surface area contributed by atoms with E-state index in [9.17, 15) is 14.4 Å². The number of nitrogens with one attached hydrogen (secondary N) is 3. The third-order valence-corrected chi connectivity index (χ3v) is 4.32. The maximum absolute atomic E-state index is 12.3. The summed E-state index contributed by atoms with van der Waals surface area (Å²) >= 11 is 0. The molecule has 3 aromatic carbocycles. The van der Waals surface area contributed by atoms with Crippen molar-refractivity contribution >= 4 is 33.4 Å². The van der Waals surface area contributed by atoms with Crippen molar-refractivity contribution in [3.8, 4) is 5.75 Å². The Bertz CT molecular complexity index is 1280. The lowest BCUT2D eigenvalue weighted by Crippen LogP contribution is -2.44. The fourth-order valence-corrected chi connectivity index (χ4v) is 2.92. The summed E-state index contributed by atoms with van der Waals surface area (Å²) < 4.78 is 5.47. The average Bonchev–Trinajstić information content (AvgIpc) is 2.76. The van der Waals surface area contributed by atoms with E-state index < -0.39 is 17.4 Å². The van der Waals surface area contributed by atoms with Gasteiger partial charge in [0.2, 0.25) is 0 Å². The lowest BCUT2D eigenvalue weighted by molar-refractivity contribution is -0.123. The van der Waals surface area contributed by atoms with Gasteiger partial charge in [-0.05, 0) is 29.0 Å². The number of amides is 2. The van der Waals surface area contributed by atoms with Crippen molar-refractivity contribution in [3.05, 3.63) is 82.8 Å². The van der Waals surface area contributed by atoms with Crippen molar-refractivity contribution in [2.75, 3.05) is 6.61 Å². The standard InChI is InChI=1S/C21H16N4O4/c26-18(12-29-15-10-9-13-5-1-2-6-14(13)11-15)22-25-21(28)19-16-7-3-4-8-17(16)20(27)24-23-19/h1-11H,12H2,(H,22,26)(H,24,27)(H,25,28). The Labute approximate surface area is 164 Å². The second-order valence-corrected chi connectivity index (χ2v) is 6.25. The van der Waals surface area contributed by atoms with Gasteiger partial charge in [-0.1, -0.05) is 48.5 Å². The summed E-state index contributed by atoms with van der Waals surface area (Å²) in [6.07, 6.45) is 0. The number of hydrogen-bond acceptors (Lipinski definition) is 5. The maximum Gasteiger partial charge on any atom is 0.290 e. The van der Waals surface area contributed by atoms with E-state index in [-0.39, 0.29) is 12.3 Å². The minimum absolute atomic E-state index is 0.00375. The van der Waals surface area contributed by atoms with Crippen molar-refractivity contribution in [3.63, 3.8) is 0 Å². The molecule has 0 atom stereocenters. The summed E-state index contributed by atoms with van der Waals surface area (Å²) in [5.74, 6) is -0.657. The van der Waals surface area contributed by atoms with Gasteiger partial charge in [-0.15, -0.1) is 0 Å². The zero-order valence-corrected chi connectivity index (χ0v) is 15.1. The number of ether oxygens (including phenoxy) is 1. The molecule has 4 aromatic rings. The summed E-state index contributed by atoms with van der Waals surface area (Å²) in [4.78, 5) is 36.1. The molecule has 0 saturated heterocycles. The van der Waals surface area contributed by atoms with E-state index >= 15 is 0 Å². The number of fused-ring (bicyclic) bond motifs is 2. The van der Waals surface area contributed by atoms with Gasteiger partial charge in [-0.3, -0.25) is 25.2 Å². The molecule has 0 aliphatic heterocycles. The van der Waals surface area contributed by atoms with Crippen molar-refractivity contribution < 1.29 is 14.3 Å². The van der Waals surface area contributed by atoms with Gasteiger partial charge in [0.1, 0.15) is 5.75 Å². The highest BCUT2D eigenvalue weighted by Crippen LogP contribution is 2.20. The zero-order valence-electron chi connectivity index (χ0n) is 15.1. The first-order valence-corrected chi connectivity index (χ1v) is 8.80. The first-order valence-electron chi connectivity index (χ1n) is 8.80. The largest absolute Gasteiger partial charge is 0.484 e. The number of hydrogen-bond donors (Lipinski definition) is 3. The highest BCUT2D eigenvalue weighted by Gasteiger charge is 2.14. The van der Waals surface area contributed by atoms with Gasteiger partial charge in [0.05, 0.1) is 5.39 Å². The minimum Gasteiger partial charge on any atom is -0.484 e. The Kier molecular flexibility index (Phi) is 4.90. The van der Waals surface area contributed by atoms with Gasteiger partial charge in [0.25, 0.3) is 17.4 Å². The molecule has 1 heterocycles. The van der Waals surface area contributed by atoms with Gasteiger partial charge in [0, 0.05) is 5.39 Å². The highest BCUT2D eigenvalue weighted by molar-refractivity contribution is 6.05. The number of hydrazine groups is 1. The van der Waals surface area contributed by atoms with E-state index in [1.54, 1.807) is 30.3 Å². The molecule has 0 saturated carbocycles. The predicted molar refractivity (Wildman–Crippen MR) is 107 cm³/mol. The molecule has 0 fully saturated rings. The number of rotatable bonds is 4. The van der Waals surface area contributed by atoms with Crippen LogP contribution < -0.4 is 21.1 Å². The van der Waals surface area contributed by atoms with Crippen LogP contribution >= 0.6 is 0 Å². The Morgan fingerprint density at radius 2 is 1.62 bits per heavy atom. The van der Waals surface area contributed by atoms with Crippen LogP contribution in [0.3, 0.4) is 0 Å². The third kappa shape index (κ3) is 3.91. The van der Waals surface area contributed by atoms with Crippen LogP contribution in [0.5, 0.6) is 5.75 Å². The smallest absolute Gasteiger partial charge is 0.290 e. The fraction of sp³-hybridized carbons (Fsp3) is 0.0476. The Morgan fingerprint density at radius 3 is 2.45 bits per heavy atom. The van der Waals surface area contributed by atoms with Crippen LogP contribution in [0.4, 0.5) is 0 Å². The Balaban J connectivity index is 1.37. The zero-order chi connectivity index (χ0) is 20.2. The van der Waals surface area contributed by atoms with Crippen LogP contribution in [0.25, 0.3) is 21.5 Å². The van der Waals surface area contributed by atoms with Crippen LogP contribution in [0.15, 0.2) is 71.5 Å². The SMILES string of the molecule is O=C(COc1ccc2ccccc2c1)NNC(=O)c1n[nH]c(=O)c2ccccc12. The molecule has 144 valence electrons. The average molecular weight is 388 g/mol. The molecule has 0 radical (unpaired) electrons. The number of carbonyl (C=O) groups is 2. The minimum atomic E-state index is -0.656. The number of aromatic nitrogens is 2. The van der Waals surface area contributed by atoms with Gasteiger partial charge in [-0.2, -0.15) is 5.10 Å². The van der Waals surface area contributed by atoms with E-state index in [1.165, 1.54) is 0 Å². The lowest BCUT2D eigenvalue weighted by atomic mass is 10.1. The third-order valence-electron chi connectivity index (χ3n) is 4.32. The molecule has 29 heavy (non-hydrogen) atoms. The van der Waals surface area contributed by atoms with Crippen molar-refractivity contribution in [1.29, 1.82) is 0 Å². The molecule has 3 N–H and O–H groups in total. The topological polar surface area (TPSA) is 113 Å². The molecule has 0 aliphatic carbocycles. The second kappa shape index (κ2) is 7.81. The molecule has 4 rings (SSSR count).